The van der Waals surface area contributed by atoms with E-state index in [-0.39, 0.29) is 5.91 Å². The van der Waals surface area contributed by atoms with Crippen LogP contribution in [0.25, 0.3) is 11.1 Å². The fourth-order valence-corrected chi connectivity index (χ4v) is 4.29. The standard InChI is InChI=1S/C23H22N2O4S/c1-16(25-19-10-4-6-12-21(19)29-23(25)27)22(26)24(15-18-9-7-13-30-18)14-17-8-3-5-11-20(17)28-2/h3-13,16H,14-15H2,1-2H3/t16-/m0/s1. The molecule has 6 nitrogen and oxygen atoms in total. The maximum atomic E-state index is 13.6. The average molecular weight is 423 g/mol. The maximum absolute atomic E-state index is 13.6. The lowest BCUT2D eigenvalue weighted by Gasteiger charge is -2.26. The van der Waals surface area contributed by atoms with Gasteiger partial charge in [-0.2, -0.15) is 0 Å². The van der Waals surface area contributed by atoms with E-state index in [4.69, 9.17) is 9.15 Å². The Kier molecular flexibility index (Phi) is 5.72. The van der Waals surface area contributed by atoms with Crippen LogP contribution >= 0.6 is 11.3 Å². The molecule has 0 bridgehead atoms. The smallest absolute Gasteiger partial charge is 0.420 e. The summed E-state index contributed by atoms with van der Waals surface area (Å²) in [6, 6.07) is 18.0. The maximum Gasteiger partial charge on any atom is 0.420 e. The summed E-state index contributed by atoms with van der Waals surface area (Å²) in [4.78, 5) is 28.9. The summed E-state index contributed by atoms with van der Waals surface area (Å²) >= 11 is 1.59. The summed E-state index contributed by atoms with van der Waals surface area (Å²) in [5.74, 6) is 0.0217. The zero-order valence-corrected chi connectivity index (χ0v) is 17.6. The first-order valence-corrected chi connectivity index (χ1v) is 10.5. The van der Waals surface area contributed by atoms with Crippen LogP contribution in [0.2, 0.25) is 0 Å². The van der Waals surface area contributed by atoms with Crippen molar-refractivity contribution in [3.8, 4) is 5.75 Å². The van der Waals surface area contributed by atoms with Crippen LogP contribution in [0.15, 0.2) is 75.3 Å². The van der Waals surface area contributed by atoms with E-state index in [0.29, 0.717) is 24.2 Å². The average Bonchev–Trinajstić information content (AvgIpc) is 3.39. The highest BCUT2D eigenvalue weighted by Gasteiger charge is 2.27. The first kappa shape index (κ1) is 20.0. The molecule has 1 amide bonds. The molecule has 0 aliphatic heterocycles. The van der Waals surface area contributed by atoms with Crippen molar-refractivity contribution in [1.29, 1.82) is 0 Å². The van der Waals surface area contributed by atoms with E-state index in [1.165, 1.54) is 4.57 Å². The van der Waals surface area contributed by atoms with E-state index in [1.807, 2.05) is 47.8 Å². The van der Waals surface area contributed by atoms with Crippen LogP contribution < -0.4 is 10.5 Å². The van der Waals surface area contributed by atoms with Gasteiger partial charge in [0, 0.05) is 17.0 Å². The number of hydrogen-bond donors (Lipinski definition) is 0. The summed E-state index contributed by atoms with van der Waals surface area (Å²) < 4.78 is 12.2. The number of fused-ring (bicyclic) bond motifs is 1. The van der Waals surface area contributed by atoms with Gasteiger partial charge in [-0.15, -0.1) is 11.3 Å². The quantitative estimate of drug-likeness (QED) is 0.441. The van der Waals surface area contributed by atoms with E-state index >= 15 is 0 Å². The highest BCUT2D eigenvalue weighted by atomic mass is 32.1. The third-order valence-corrected chi connectivity index (χ3v) is 5.92. The number of oxazole rings is 1. The number of ether oxygens (including phenoxy) is 1. The van der Waals surface area contributed by atoms with Gasteiger partial charge in [0.05, 0.1) is 19.2 Å². The lowest BCUT2D eigenvalue weighted by molar-refractivity contribution is -0.135. The molecule has 4 aromatic rings. The number of methoxy groups -OCH3 is 1. The molecular weight excluding hydrogens is 400 g/mol. The van der Waals surface area contributed by atoms with E-state index in [0.717, 1.165) is 16.2 Å². The van der Waals surface area contributed by atoms with Crippen LogP contribution in [0.4, 0.5) is 0 Å². The number of thiophene rings is 1. The summed E-state index contributed by atoms with van der Waals surface area (Å²) in [5.41, 5.74) is 1.98. The van der Waals surface area contributed by atoms with Crippen LogP contribution in [0, 0.1) is 0 Å². The lowest BCUT2D eigenvalue weighted by atomic mass is 10.1. The Morgan fingerprint density at radius 2 is 1.87 bits per heavy atom. The molecule has 2 heterocycles. The van der Waals surface area contributed by atoms with Gasteiger partial charge in [-0.3, -0.25) is 9.36 Å². The van der Waals surface area contributed by atoms with Gasteiger partial charge in [-0.05, 0) is 36.6 Å². The Labute approximate surface area is 177 Å². The number of para-hydroxylation sites is 3. The van der Waals surface area contributed by atoms with Crippen molar-refractivity contribution < 1.29 is 13.9 Å². The minimum atomic E-state index is -0.712. The largest absolute Gasteiger partial charge is 0.496 e. The molecule has 0 unspecified atom stereocenters. The SMILES string of the molecule is COc1ccccc1CN(Cc1cccs1)C(=O)[C@H](C)n1c(=O)oc2ccccc21. The number of nitrogens with zero attached hydrogens (tertiary/aromatic N) is 2. The molecule has 0 fully saturated rings. The van der Waals surface area contributed by atoms with Crippen molar-refractivity contribution in [2.75, 3.05) is 7.11 Å². The molecular formula is C23H22N2O4S. The number of rotatable bonds is 7. The second-order valence-electron chi connectivity index (χ2n) is 6.97. The van der Waals surface area contributed by atoms with Gasteiger partial charge in [0.1, 0.15) is 11.8 Å². The van der Waals surface area contributed by atoms with E-state index < -0.39 is 11.8 Å². The predicted octanol–water partition coefficient (Wildman–Crippen LogP) is 4.45. The highest BCUT2D eigenvalue weighted by molar-refractivity contribution is 7.09. The Balaban J connectivity index is 1.69. The lowest BCUT2D eigenvalue weighted by Crippen LogP contribution is -2.37. The third kappa shape index (κ3) is 3.89. The van der Waals surface area contributed by atoms with Crippen molar-refractivity contribution in [2.24, 2.45) is 0 Å². The number of carbonyl (C=O) groups is 1. The third-order valence-electron chi connectivity index (χ3n) is 5.06. The van der Waals surface area contributed by atoms with Gasteiger partial charge >= 0.3 is 5.76 Å². The van der Waals surface area contributed by atoms with Crippen LogP contribution in [-0.2, 0) is 17.9 Å². The molecule has 4 rings (SSSR count). The summed E-state index contributed by atoms with van der Waals surface area (Å²) in [5, 5.41) is 1.98. The van der Waals surface area contributed by atoms with Crippen molar-refractivity contribution in [2.45, 2.75) is 26.1 Å². The highest BCUT2D eigenvalue weighted by Crippen LogP contribution is 2.25. The zero-order chi connectivity index (χ0) is 21.1. The zero-order valence-electron chi connectivity index (χ0n) is 16.8. The number of hydrogen-bond acceptors (Lipinski definition) is 5. The summed E-state index contributed by atoms with van der Waals surface area (Å²) in [7, 11) is 1.62. The Hall–Kier alpha value is -3.32. The number of benzene rings is 2. The Morgan fingerprint density at radius 1 is 1.10 bits per heavy atom. The predicted molar refractivity (Wildman–Crippen MR) is 117 cm³/mol. The van der Waals surface area contributed by atoms with Crippen LogP contribution in [0.3, 0.4) is 0 Å². The molecule has 0 saturated carbocycles. The summed E-state index contributed by atoms with van der Waals surface area (Å²) in [6.45, 7) is 2.55. The van der Waals surface area contributed by atoms with Crippen LogP contribution in [0.5, 0.6) is 5.75 Å². The Bertz CT molecular complexity index is 1210. The molecule has 0 N–H and O–H groups in total. The van der Waals surface area contributed by atoms with E-state index in [1.54, 1.807) is 48.5 Å². The molecule has 0 radical (unpaired) electrons. The van der Waals surface area contributed by atoms with Crippen LogP contribution in [0.1, 0.15) is 23.4 Å². The molecule has 30 heavy (non-hydrogen) atoms. The van der Waals surface area contributed by atoms with E-state index in [2.05, 4.69) is 0 Å². The van der Waals surface area contributed by atoms with Crippen LogP contribution in [-0.4, -0.2) is 22.5 Å². The van der Waals surface area contributed by atoms with Gasteiger partial charge in [0.15, 0.2) is 5.58 Å². The molecule has 2 aromatic carbocycles. The van der Waals surface area contributed by atoms with Gasteiger partial charge in [-0.25, -0.2) is 4.79 Å². The number of carbonyl (C=O) groups excluding carboxylic acids is 1. The Morgan fingerprint density at radius 3 is 2.63 bits per heavy atom. The molecule has 7 heteroatoms. The number of amides is 1. The molecule has 0 spiro atoms. The van der Waals surface area contributed by atoms with Gasteiger partial charge in [0.25, 0.3) is 0 Å². The molecule has 0 aliphatic carbocycles. The topological polar surface area (TPSA) is 64.7 Å². The van der Waals surface area contributed by atoms with Crippen molar-refractivity contribution in [1.82, 2.24) is 9.47 Å². The van der Waals surface area contributed by atoms with E-state index in [9.17, 15) is 9.59 Å². The van der Waals surface area contributed by atoms with Crippen molar-refractivity contribution in [3.63, 3.8) is 0 Å². The first-order valence-electron chi connectivity index (χ1n) is 9.61. The fourth-order valence-electron chi connectivity index (χ4n) is 3.57. The fraction of sp³-hybridized carbons (Fsp3) is 0.217. The van der Waals surface area contributed by atoms with Gasteiger partial charge < -0.3 is 14.1 Å². The minimum absolute atomic E-state index is 0.164. The monoisotopic (exact) mass is 422 g/mol. The van der Waals surface area contributed by atoms with Crippen molar-refractivity contribution >= 4 is 28.3 Å². The molecule has 154 valence electrons. The molecule has 0 aliphatic rings. The van der Waals surface area contributed by atoms with Gasteiger partial charge in [0.2, 0.25) is 5.91 Å². The summed E-state index contributed by atoms with van der Waals surface area (Å²) in [6.07, 6.45) is 0. The number of aromatic nitrogens is 1. The molecule has 0 saturated heterocycles. The molecule has 2 aromatic heterocycles. The molecule has 1 atom stereocenters. The minimum Gasteiger partial charge on any atom is -0.496 e. The first-order chi connectivity index (χ1) is 14.6. The van der Waals surface area contributed by atoms with Crippen molar-refractivity contribution in [3.05, 3.63) is 87.0 Å². The second-order valence-corrected chi connectivity index (χ2v) is 8.00. The second kappa shape index (κ2) is 8.59. The van der Waals surface area contributed by atoms with Gasteiger partial charge in [-0.1, -0.05) is 36.4 Å². The normalized spacial score (nSPS) is 12.1.